The van der Waals surface area contributed by atoms with Gasteiger partial charge in [0.2, 0.25) is 0 Å². The predicted molar refractivity (Wildman–Crippen MR) is 111 cm³/mol. The highest BCUT2D eigenvalue weighted by molar-refractivity contribution is 14.0. The van der Waals surface area contributed by atoms with Crippen LogP contribution in [0.25, 0.3) is 0 Å². The Morgan fingerprint density at radius 3 is 2.58 bits per heavy atom. The van der Waals surface area contributed by atoms with Crippen molar-refractivity contribution in [1.82, 2.24) is 15.2 Å². The first-order chi connectivity index (χ1) is 11.9. The first-order valence-electron chi connectivity index (χ1n) is 8.18. The molecule has 1 heterocycles. The molecule has 2 N–H and O–H groups in total. The summed E-state index contributed by atoms with van der Waals surface area (Å²) >= 11 is 0. The largest absolute Gasteiger partial charge is 0.417 e. The number of unbranched alkanes of at least 4 members (excludes halogenated alkanes) is 1. The van der Waals surface area contributed by atoms with Crippen molar-refractivity contribution in [3.63, 3.8) is 0 Å². The summed E-state index contributed by atoms with van der Waals surface area (Å²) in [5.41, 5.74) is -0.747. The summed E-state index contributed by atoms with van der Waals surface area (Å²) in [4.78, 5) is 10.0. The van der Waals surface area contributed by atoms with E-state index < -0.39 is 11.7 Å². The number of hydrogen-bond donors (Lipinski definition) is 2. The molecule has 0 radical (unpaired) electrons. The number of rotatable bonds is 9. The van der Waals surface area contributed by atoms with Gasteiger partial charge in [-0.3, -0.25) is 4.99 Å². The Bertz CT molecular complexity index is 546. The first-order valence-corrected chi connectivity index (χ1v) is 8.18. The van der Waals surface area contributed by atoms with Gasteiger partial charge in [-0.15, -0.1) is 30.6 Å². The van der Waals surface area contributed by atoms with E-state index in [0.29, 0.717) is 18.9 Å². The highest BCUT2D eigenvalue weighted by Crippen LogP contribution is 2.28. The molecule has 1 rings (SSSR count). The van der Waals surface area contributed by atoms with Gasteiger partial charge in [-0.05, 0) is 31.4 Å². The van der Waals surface area contributed by atoms with Gasteiger partial charge in [-0.25, -0.2) is 4.98 Å². The van der Waals surface area contributed by atoms with Gasteiger partial charge in [0.15, 0.2) is 5.96 Å². The normalized spacial score (nSPS) is 11.5. The molecule has 0 aromatic carbocycles. The molecule has 0 atom stereocenters. The van der Waals surface area contributed by atoms with E-state index in [0.717, 1.165) is 44.0 Å². The second-order valence-corrected chi connectivity index (χ2v) is 5.54. The minimum atomic E-state index is -4.36. The zero-order chi connectivity index (χ0) is 18.7. The summed E-state index contributed by atoms with van der Waals surface area (Å²) in [5, 5.41) is 6.26. The number of alkyl halides is 3. The van der Waals surface area contributed by atoms with Crippen LogP contribution in [-0.2, 0) is 6.18 Å². The molecule has 0 amide bonds. The standard InChI is InChI=1S/C17H26F3N5.HI/c1-4-5-6-12-25(3)16(21-2)23-11-7-10-22-15-9-8-14(13-24-15)17(18,19)20;/h4,8-9,13H,1,5-7,10-12H2,2-3H3,(H,21,23)(H,22,24);1H. The van der Waals surface area contributed by atoms with Crippen LogP contribution in [0.15, 0.2) is 36.0 Å². The van der Waals surface area contributed by atoms with Crippen LogP contribution in [0, 0.1) is 0 Å². The average molecular weight is 485 g/mol. The van der Waals surface area contributed by atoms with Crippen molar-refractivity contribution in [3.8, 4) is 0 Å². The van der Waals surface area contributed by atoms with Gasteiger partial charge >= 0.3 is 6.18 Å². The van der Waals surface area contributed by atoms with Crippen molar-refractivity contribution in [2.24, 2.45) is 4.99 Å². The maximum atomic E-state index is 12.5. The maximum absolute atomic E-state index is 12.5. The smallest absolute Gasteiger partial charge is 0.370 e. The fourth-order valence-electron chi connectivity index (χ4n) is 2.13. The third-order valence-electron chi connectivity index (χ3n) is 3.51. The van der Waals surface area contributed by atoms with E-state index >= 15 is 0 Å². The summed E-state index contributed by atoms with van der Waals surface area (Å²) in [6, 6.07) is 2.36. The molecule has 148 valence electrons. The molecule has 0 fully saturated rings. The molecule has 0 saturated carbocycles. The second-order valence-electron chi connectivity index (χ2n) is 5.54. The van der Waals surface area contributed by atoms with Crippen molar-refractivity contribution >= 4 is 35.8 Å². The quantitative estimate of drug-likeness (QED) is 0.183. The van der Waals surface area contributed by atoms with Crippen molar-refractivity contribution < 1.29 is 13.2 Å². The summed E-state index contributed by atoms with van der Waals surface area (Å²) < 4.78 is 37.4. The first kappa shape index (κ1) is 24.5. The number of allylic oxidation sites excluding steroid dienone is 1. The predicted octanol–water partition coefficient (Wildman–Crippen LogP) is 3.99. The number of hydrogen-bond acceptors (Lipinski definition) is 3. The van der Waals surface area contributed by atoms with Crippen LogP contribution < -0.4 is 10.6 Å². The number of nitrogens with zero attached hydrogens (tertiary/aromatic N) is 3. The van der Waals surface area contributed by atoms with Gasteiger partial charge in [-0.2, -0.15) is 13.2 Å². The summed E-state index contributed by atoms with van der Waals surface area (Å²) in [7, 11) is 3.71. The number of pyridine rings is 1. The molecule has 1 aromatic rings. The lowest BCUT2D eigenvalue weighted by Gasteiger charge is -2.21. The molecule has 9 heteroatoms. The number of anilines is 1. The summed E-state index contributed by atoms with van der Waals surface area (Å²) in [5.74, 6) is 1.25. The topological polar surface area (TPSA) is 52.5 Å². The molecular weight excluding hydrogens is 458 g/mol. The highest BCUT2D eigenvalue weighted by Gasteiger charge is 2.30. The van der Waals surface area contributed by atoms with Crippen molar-refractivity contribution in [3.05, 3.63) is 36.5 Å². The van der Waals surface area contributed by atoms with Crippen molar-refractivity contribution in [1.29, 1.82) is 0 Å². The van der Waals surface area contributed by atoms with Crippen molar-refractivity contribution in [2.75, 3.05) is 39.0 Å². The van der Waals surface area contributed by atoms with E-state index in [9.17, 15) is 13.2 Å². The van der Waals surface area contributed by atoms with Crippen LogP contribution in [0.2, 0.25) is 0 Å². The Morgan fingerprint density at radius 1 is 1.31 bits per heavy atom. The molecule has 0 aliphatic carbocycles. The minimum Gasteiger partial charge on any atom is -0.370 e. The molecule has 26 heavy (non-hydrogen) atoms. The Morgan fingerprint density at radius 2 is 2.04 bits per heavy atom. The number of aromatic nitrogens is 1. The Hall–Kier alpha value is -1.52. The molecule has 0 unspecified atom stereocenters. The molecule has 1 aromatic heterocycles. The van der Waals surface area contributed by atoms with Crippen LogP contribution in [0.5, 0.6) is 0 Å². The number of halogens is 4. The van der Waals surface area contributed by atoms with Gasteiger partial charge in [-0.1, -0.05) is 6.08 Å². The maximum Gasteiger partial charge on any atom is 0.417 e. The van der Waals surface area contributed by atoms with Gasteiger partial charge in [0.1, 0.15) is 5.82 Å². The van der Waals surface area contributed by atoms with Crippen LogP contribution in [0.4, 0.5) is 19.0 Å². The van der Waals surface area contributed by atoms with E-state index in [-0.39, 0.29) is 24.0 Å². The fraction of sp³-hybridized carbons (Fsp3) is 0.529. The minimum absolute atomic E-state index is 0. The van der Waals surface area contributed by atoms with Crippen molar-refractivity contribution in [2.45, 2.75) is 25.4 Å². The van der Waals surface area contributed by atoms with E-state index in [4.69, 9.17) is 0 Å². The average Bonchev–Trinajstić information content (AvgIpc) is 2.58. The van der Waals surface area contributed by atoms with E-state index in [1.54, 1.807) is 7.05 Å². The summed E-state index contributed by atoms with van der Waals surface area (Å²) in [6.45, 7) is 5.89. The molecule has 0 aliphatic heterocycles. The molecule has 0 aliphatic rings. The second kappa shape index (κ2) is 12.8. The number of nitrogens with one attached hydrogen (secondary N) is 2. The van der Waals surface area contributed by atoms with Crippen LogP contribution in [0.1, 0.15) is 24.8 Å². The summed E-state index contributed by atoms with van der Waals surface area (Å²) in [6.07, 6.45) is 1.13. The fourth-order valence-corrected chi connectivity index (χ4v) is 2.13. The van der Waals surface area contributed by atoms with Gasteiger partial charge < -0.3 is 15.5 Å². The zero-order valence-corrected chi connectivity index (χ0v) is 17.5. The lowest BCUT2D eigenvalue weighted by atomic mass is 10.3. The highest BCUT2D eigenvalue weighted by atomic mass is 127. The Labute approximate surface area is 170 Å². The Balaban J connectivity index is 0.00000625. The molecule has 0 spiro atoms. The van der Waals surface area contributed by atoms with Crippen LogP contribution >= 0.6 is 24.0 Å². The van der Waals surface area contributed by atoms with Gasteiger partial charge in [0.05, 0.1) is 5.56 Å². The van der Waals surface area contributed by atoms with Gasteiger partial charge in [0.25, 0.3) is 0 Å². The number of guanidine groups is 1. The lowest BCUT2D eigenvalue weighted by molar-refractivity contribution is -0.137. The van der Waals surface area contributed by atoms with E-state index in [1.807, 2.05) is 18.0 Å². The van der Waals surface area contributed by atoms with Gasteiger partial charge in [0, 0.05) is 39.9 Å². The monoisotopic (exact) mass is 485 g/mol. The van der Waals surface area contributed by atoms with Crippen LogP contribution in [-0.4, -0.2) is 49.6 Å². The van der Waals surface area contributed by atoms with E-state index in [2.05, 4.69) is 27.2 Å². The Kier molecular flexibility index (Phi) is 12.0. The molecule has 5 nitrogen and oxygen atoms in total. The lowest BCUT2D eigenvalue weighted by Crippen LogP contribution is -2.40. The van der Waals surface area contributed by atoms with Crippen LogP contribution in [0.3, 0.4) is 0 Å². The third-order valence-corrected chi connectivity index (χ3v) is 3.51. The molecular formula is C17H27F3IN5. The van der Waals surface area contributed by atoms with E-state index in [1.165, 1.54) is 6.07 Å². The SMILES string of the molecule is C=CCCCN(C)C(=NC)NCCCNc1ccc(C(F)(F)F)cn1.I. The molecule has 0 saturated heterocycles. The zero-order valence-electron chi connectivity index (χ0n) is 15.1. The molecule has 0 bridgehead atoms. The third kappa shape index (κ3) is 9.25. The number of aliphatic imine (C=N–C) groups is 1.